The van der Waals surface area contributed by atoms with Gasteiger partial charge in [0.2, 0.25) is 0 Å². The Hall–Kier alpha value is -1.59. The van der Waals surface area contributed by atoms with Crippen LogP contribution in [0.1, 0.15) is 195 Å². The Morgan fingerprint density at radius 3 is 1.11 bits per heavy atom. The number of carbonyl (C=O) groups excluding carboxylic acids is 3. The van der Waals surface area contributed by atoms with Crippen LogP contribution in [0.4, 0.5) is 0 Å². The molecule has 0 saturated carbocycles. The molecule has 0 heterocycles. The molecule has 0 aromatic heterocycles. The molecule has 0 aromatic rings. The van der Waals surface area contributed by atoms with Crippen molar-refractivity contribution in [2.45, 2.75) is 201 Å². The van der Waals surface area contributed by atoms with Crippen molar-refractivity contribution in [1.82, 2.24) is 0 Å². The predicted octanol–water partition coefficient (Wildman–Crippen LogP) is 11.1. The second kappa shape index (κ2) is 31.4. The molecule has 1 atom stereocenters. The zero-order valence-electron chi connectivity index (χ0n) is 29.8. The molecular weight excluding hydrogens is 552 g/mol. The molecule has 0 N–H and O–H groups in total. The largest absolute Gasteiger partial charge is 0.462 e. The van der Waals surface area contributed by atoms with Gasteiger partial charge in [0.25, 0.3) is 0 Å². The molecule has 6 nitrogen and oxygen atoms in total. The van der Waals surface area contributed by atoms with Crippen molar-refractivity contribution < 1.29 is 28.6 Å². The molecule has 0 radical (unpaired) electrons. The van der Waals surface area contributed by atoms with E-state index < -0.39 is 6.10 Å². The quantitative estimate of drug-likeness (QED) is 0.0421. The molecule has 0 saturated heterocycles. The summed E-state index contributed by atoms with van der Waals surface area (Å²) in [6, 6.07) is 0. The number of ether oxygens (including phenoxy) is 3. The van der Waals surface area contributed by atoms with Gasteiger partial charge < -0.3 is 14.2 Å². The molecule has 0 bridgehead atoms. The van der Waals surface area contributed by atoms with Crippen molar-refractivity contribution in [1.29, 1.82) is 0 Å². The number of carbonyl (C=O) groups is 3. The van der Waals surface area contributed by atoms with Crippen molar-refractivity contribution >= 4 is 17.9 Å². The summed E-state index contributed by atoms with van der Waals surface area (Å²) in [4.78, 5) is 37.1. The molecule has 0 unspecified atom stereocenters. The minimum Gasteiger partial charge on any atom is -0.462 e. The fraction of sp³-hybridized carbons (Fsp3) is 0.921. The van der Waals surface area contributed by atoms with Crippen LogP contribution in [0.15, 0.2) is 0 Å². The molecule has 6 heteroatoms. The Morgan fingerprint density at radius 2 is 0.750 bits per heavy atom. The van der Waals surface area contributed by atoms with Gasteiger partial charge >= 0.3 is 17.9 Å². The van der Waals surface area contributed by atoms with E-state index >= 15 is 0 Å². The summed E-state index contributed by atoms with van der Waals surface area (Å²) < 4.78 is 16.5. The lowest BCUT2D eigenvalue weighted by molar-refractivity contribution is -0.167. The first-order chi connectivity index (χ1) is 21.2. The molecule has 44 heavy (non-hydrogen) atoms. The Kier molecular flexibility index (Phi) is 30.3. The summed E-state index contributed by atoms with van der Waals surface area (Å²) in [6.45, 7) is 11.1. The van der Waals surface area contributed by atoms with Gasteiger partial charge in [0.15, 0.2) is 6.10 Å². The molecule has 0 aliphatic carbocycles. The summed E-state index contributed by atoms with van der Waals surface area (Å²) in [6.07, 6.45) is 25.6. The van der Waals surface area contributed by atoms with E-state index in [1.165, 1.54) is 77.0 Å². The summed E-state index contributed by atoms with van der Waals surface area (Å²) in [5.74, 6) is 0.688. The fourth-order valence-electron chi connectivity index (χ4n) is 5.34. The van der Waals surface area contributed by atoms with Crippen molar-refractivity contribution in [2.75, 3.05) is 13.2 Å². The van der Waals surface area contributed by atoms with Crippen LogP contribution in [-0.2, 0) is 28.6 Å². The summed E-state index contributed by atoms with van der Waals surface area (Å²) >= 11 is 0. The SMILES string of the molecule is CCCCCCCC(=O)OC[C@H](COC(=O)CCCCCCCCCC(C)C)OC(=O)CCCCCCCCCCC(C)C. The minimum atomic E-state index is -0.757. The standard InChI is InChI=1S/C38H72O6/c1-6-7-8-16-23-28-36(39)42-31-35(32-43-37(40)29-24-19-15-11-13-18-22-27-34(4)5)44-38(41)30-25-20-14-10-9-12-17-21-26-33(2)3/h33-35H,6-32H2,1-5H3/t35-/m1/s1. The monoisotopic (exact) mass is 625 g/mol. The van der Waals surface area contributed by atoms with Crippen molar-refractivity contribution in [3.8, 4) is 0 Å². The lowest BCUT2D eigenvalue weighted by atomic mass is 10.0. The van der Waals surface area contributed by atoms with Crippen LogP contribution < -0.4 is 0 Å². The van der Waals surface area contributed by atoms with Gasteiger partial charge in [0.05, 0.1) is 0 Å². The highest BCUT2D eigenvalue weighted by Gasteiger charge is 2.19. The van der Waals surface area contributed by atoms with Crippen LogP contribution in [-0.4, -0.2) is 37.2 Å². The van der Waals surface area contributed by atoms with Crippen molar-refractivity contribution in [3.63, 3.8) is 0 Å². The molecule has 0 aromatic carbocycles. The van der Waals surface area contributed by atoms with Crippen LogP contribution in [0, 0.1) is 11.8 Å². The number of rotatable bonds is 32. The van der Waals surface area contributed by atoms with Crippen LogP contribution in [0.5, 0.6) is 0 Å². The first kappa shape index (κ1) is 42.4. The Balaban J connectivity index is 4.31. The lowest BCUT2D eigenvalue weighted by Gasteiger charge is -2.18. The van der Waals surface area contributed by atoms with Gasteiger partial charge in [-0.1, -0.05) is 157 Å². The van der Waals surface area contributed by atoms with Gasteiger partial charge in [-0.2, -0.15) is 0 Å². The van der Waals surface area contributed by atoms with Crippen molar-refractivity contribution in [3.05, 3.63) is 0 Å². The lowest BCUT2D eigenvalue weighted by Crippen LogP contribution is -2.30. The maximum atomic E-state index is 12.5. The van der Waals surface area contributed by atoms with Gasteiger partial charge in [-0.15, -0.1) is 0 Å². The molecular formula is C38H72O6. The van der Waals surface area contributed by atoms with Crippen LogP contribution in [0.25, 0.3) is 0 Å². The van der Waals surface area contributed by atoms with E-state index in [-0.39, 0.29) is 31.1 Å². The Morgan fingerprint density at radius 1 is 0.432 bits per heavy atom. The summed E-state index contributed by atoms with van der Waals surface area (Å²) in [5, 5.41) is 0. The van der Waals surface area contributed by atoms with Gasteiger partial charge in [0.1, 0.15) is 13.2 Å². The second-order valence-corrected chi connectivity index (χ2v) is 13.8. The second-order valence-electron chi connectivity index (χ2n) is 13.8. The highest BCUT2D eigenvalue weighted by molar-refractivity contribution is 5.71. The average Bonchev–Trinajstić information content (AvgIpc) is 2.98. The molecule has 0 fully saturated rings. The number of hydrogen-bond acceptors (Lipinski definition) is 6. The van der Waals surface area contributed by atoms with Crippen LogP contribution in [0.2, 0.25) is 0 Å². The maximum absolute atomic E-state index is 12.5. The van der Waals surface area contributed by atoms with Crippen molar-refractivity contribution in [2.24, 2.45) is 11.8 Å². The molecule has 0 aliphatic rings. The van der Waals surface area contributed by atoms with E-state index in [2.05, 4.69) is 34.6 Å². The van der Waals surface area contributed by atoms with E-state index in [4.69, 9.17) is 14.2 Å². The first-order valence-electron chi connectivity index (χ1n) is 18.7. The summed E-state index contributed by atoms with van der Waals surface area (Å²) in [5.41, 5.74) is 0. The number of hydrogen-bond donors (Lipinski definition) is 0. The topological polar surface area (TPSA) is 78.9 Å². The average molecular weight is 625 g/mol. The zero-order valence-corrected chi connectivity index (χ0v) is 29.8. The molecule has 0 rings (SSSR count). The van der Waals surface area contributed by atoms with Gasteiger partial charge in [0, 0.05) is 19.3 Å². The molecule has 0 amide bonds. The zero-order chi connectivity index (χ0) is 32.7. The highest BCUT2D eigenvalue weighted by Crippen LogP contribution is 2.15. The highest BCUT2D eigenvalue weighted by atomic mass is 16.6. The minimum absolute atomic E-state index is 0.0684. The molecule has 0 aliphatic heterocycles. The van der Waals surface area contributed by atoms with Gasteiger partial charge in [-0.25, -0.2) is 0 Å². The Bertz CT molecular complexity index is 674. The Labute approximate surface area is 272 Å². The van der Waals surface area contributed by atoms with E-state index in [9.17, 15) is 14.4 Å². The van der Waals surface area contributed by atoms with E-state index in [0.717, 1.165) is 76.0 Å². The third-order valence-electron chi connectivity index (χ3n) is 8.22. The number of unbranched alkanes of at least 4 members (excludes halogenated alkanes) is 17. The van der Waals surface area contributed by atoms with E-state index in [0.29, 0.717) is 19.3 Å². The molecule has 260 valence electrons. The van der Waals surface area contributed by atoms with Gasteiger partial charge in [-0.3, -0.25) is 14.4 Å². The van der Waals surface area contributed by atoms with Gasteiger partial charge in [-0.05, 0) is 31.1 Å². The third kappa shape index (κ3) is 31.8. The normalized spacial score (nSPS) is 12.1. The first-order valence-corrected chi connectivity index (χ1v) is 18.7. The third-order valence-corrected chi connectivity index (χ3v) is 8.22. The van der Waals surface area contributed by atoms with E-state index in [1.807, 2.05) is 0 Å². The van der Waals surface area contributed by atoms with Crippen LogP contribution in [0.3, 0.4) is 0 Å². The van der Waals surface area contributed by atoms with E-state index in [1.54, 1.807) is 0 Å². The number of esters is 3. The fourth-order valence-corrected chi connectivity index (χ4v) is 5.34. The predicted molar refractivity (Wildman–Crippen MR) is 183 cm³/mol. The summed E-state index contributed by atoms with van der Waals surface area (Å²) in [7, 11) is 0. The maximum Gasteiger partial charge on any atom is 0.306 e. The smallest absolute Gasteiger partial charge is 0.306 e. The van der Waals surface area contributed by atoms with Crippen LogP contribution >= 0.6 is 0 Å². The molecule has 0 spiro atoms.